The number of hydrogen-bond acceptors (Lipinski definition) is 4. The van der Waals surface area contributed by atoms with E-state index in [2.05, 4.69) is 25.4 Å². The largest absolute Gasteiger partial charge is 0.417 e. The van der Waals surface area contributed by atoms with Crippen molar-refractivity contribution in [3.8, 4) is 0 Å². The second-order valence-corrected chi connectivity index (χ2v) is 1.80. The first-order valence-electron chi connectivity index (χ1n) is 2.83. The van der Waals surface area contributed by atoms with E-state index >= 15 is 0 Å². The Labute approximate surface area is 64.9 Å². The molecule has 0 atom stereocenters. The van der Waals surface area contributed by atoms with E-state index in [0.717, 1.165) is 0 Å². The summed E-state index contributed by atoms with van der Waals surface area (Å²) in [4.78, 5) is 0. The van der Waals surface area contributed by atoms with Gasteiger partial charge in [0.05, 0.1) is 0 Å². The van der Waals surface area contributed by atoms with Crippen LogP contribution in [0.2, 0.25) is 0 Å². The van der Waals surface area contributed by atoms with E-state index in [1.807, 2.05) is 0 Å². The van der Waals surface area contributed by atoms with Gasteiger partial charge < -0.3 is 4.74 Å². The minimum atomic E-state index is -4.44. The van der Waals surface area contributed by atoms with Crippen LogP contribution in [-0.2, 0) is 11.3 Å². The predicted molar refractivity (Wildman–Crippen MR) is 29.3 cm³/mol. The Morgan fingerprint density at radius 3 is 2.75 bits per heavy atom. The monoisotopic (exact) mass is 181 g/mol. The van der Waals surface area contributed by atoms with Gasteiger partial charge in [-0.1, -0.05) is 5.21 Å². The molecule has 0 aliphatic carbocycles. The first kappa shape index (κ1) is 8.91. The van der Waals surface area contributed by atoms with Gasteiger partial charge in [-0.25, -0.2) is 0 Å². The number of halogens is 3. The molecule has 0 aliphatic heterocycles. The highest BCUT2D eigenvalue weighted by Crippen LogP contribution is 2.18. The molecule has 12 heavy (non-hydrogen) atoms. The maximum absolute atomic E-state index is 11.4. The van der Waals surface area contributed by atoms with Crippen LogP contribution in [0, 0.1) is 6.61 Å². The molecule has 1 radical (unpaired) electrons. The minimum absolute atomic E-state index is 0.0653. The number of tetrazole rings is 1. The lowest BCUT2D eigenvalue weighted by Crippen LogP contribution is -2.10. The molecule has 0 spiro atoms. The lowest BCUT2D eigenvalue weighted by Gasteiger charge is -2.03. The SMILES string of the molecule is FC(F)(F)[CH]OCc1nn[nH]n1. The highest BCUT2D eigenvalue weighted by Gasteiger charge is 2.28. The number of aromatic nitrogens is 4. The molecule has 0 bridgehead atoms. The molecule has 1 aromatic rings. The fraction of sp³-hybridized carbons (Fsp3) is 0.500. The number of H-pyrrole nitrogens is 1. The van der Waals surface area contributed by atoms with Gasteiger partial charge in [-0.05, 0) is 0 Å². The van der Waals surface area contributed by atoms with E-state index < -0.39 is 6.18 Å². The van der Waals surface area contributed by atoms with Crippen molar-refractivity contribution < 1.29 is 17.9 Å². The zero-order valence-corrected chi connectivity index (χ0v) is 5.67. The number of ether oxygens (including phenoxy) is 1. The maximum Gasteiger partial charge on any atom is 0.417 e. The number of rotatable bonds is 3. The van der Waals surface area contributed by atoms with Crippen molar-refractivity contribution in [2.45, 2.75) is 12.8 Å². The van der Waals surface area contributed by atoms with Gasteiger partial charge >= 0.3 is 6.18 Å². The molecule has 0 fully saturated rings. The van der Waals surface area contributed by atoms with Crippen molar-refractivity contribution in [1.29, 1.82) is 0 Å². The van der Waals surface area contributed by atoms with Gasteiger partial charge in [0.25, 0.3) is 0 Å². The second-order valence-electron chi connectivity index (χ2n) is 1.80. The highest BCUT2D eigenvalue weighted by molar-refractivity contribution is 4.72. The van der Waals surface area contributed by atoms with E-state index in [1.165, 1.54) is 0 Å². The van der Waals surface area contributed by atoms with E-state index in [0.29, 0.717) is 0 Å². The van der Waals surface area contributed by atoms with Crippen molar-refractivity contribution in [2.75, 3.05) is 0 Å². The molecule has 0 unspecified atom stereocenters. The Morgan fingerprint density at radius 2 is 2.25 bits per heavy atom. The third kappa shape index (κ3) is 3.28. The first-order valence-corrected chi connectivity index (χ1v) is 2.83. The molecule has 0 aliphatic rings. The molecule has 0 aromatic carbocycles. The molecule has 1 N–H and O–H groups in total. The highest BCUT2D eigenvalue weighted by atomic mass is 19.4. The van der Waals surface area contributed by atoms with Gasteiger partial charge in [0.2, 0.25) is 0 Å². The van der Waals surface area contributed by atoms with Gasteiger partial charge in [0.1, 0.15) is 6.61 Å². The number of hydrogen-bond donors (Lipinski definition) is 1. The Hall–Kier alpha value is -1.18. The summed E-state index contributed by atoms with van der Waals surface area (Å²) in [5, 5.41) is 12.0. The maximum atomic E-state index is 11.4. The summed E-state index contributed by atoms with van der Waals surface area (Å²) in [6, 6.07) is 0. The van der Waals surface area contributed by atoms with Crippen LogP contribution in [-0.4, -0.2) is 26.8 Å². The van der Waals surface area contributed by atoms with Crippen molar-refractivity contribution in [3.63, 3.8) is 0 Å². The van der Waals surface area contributed by atoms with Crippen molar-refractivity contribution in [1.82, 2.24) is 20.6 Å². The number of nitrogens with zero attached hydrogens (tertiary/aromatic N) is 3. The van der Waals surface area contributed by atoms with Gasteiger partial charge in [-0.15, -0.1) is 10.2 Å². The average molecular weight is 181 g/mol. The normalized spacial score (nSPS) is 11.9. The smallest absolute Gasteiger partial charge is 0.357 e. The van der Waals surface area contributed by atoms with Crippen LogP contribution in [0.5, 0.6) is 0 Å². The molecule has 0 amide bonds. The summed E-state index contributed by atoms with van der Waals surface area (Å²) in [5.74, 6) is 0.0653. The lowest BCUT2D eigenvalue weighted by atomic mass is 10.6. The summed E-state index contributed by atoms with van der Waals surface area (Å²) in [7, 11) is 0. The van der Waals surface area contributed by atoms with Crippen molar-refractivity contribution in [2.24, 2.45) is 0 Å². The van der Waals surface area contributed by atoms with E-state index in [1.54, 1.807) is 0 Å². The summed E-state index contributed by atoms with van der Waals surface area (Å²) in [6.07, 6.45) is -4.44. The first-order chi connectivity index (χ1) is 5.58. The zero-order chi connectivity index (χ0) is 9.03. The fourth-order valence-corrected chi connectivity index (χ4v) is 0.454. The summed E-state index contributed by atoms with van der Waals surface area (Å²) < 4.78 is 38.4. The molecule has 1 rings (SSSR count). The molecule has 1 heterocycles. The number of alkyl halides is 3. The van der Waals surface area contributed by atoms with Gasteiger partial charge in [0.15, 0.2) is 12.4 Å². The third-order valence-corrected chi connectivity index (χ3v) is 0.819. The molecular weight excluding hydrogens is 177 g/mol. The van der Waals surface area contributed by atoms with Gasteiger partial charge in [0, 0.05) is 0 Å². The van der Waals surface area contributed by atoms with Crippen LogP contribution in [0.25, 0.3) is 0 Å². The third-order valence-electron chi connectivity index (χ3n) is 0.819. The summed E-state index contributed by atoms with van der Waals surface area (Å²) >= 11 is 0. The van der Waals surface area contributed by atoms with Crippen molar-refractivity contribution >= 4 is 0 Å². The average Bonchev–Trinajstić information content (AvgIpc) is 2.36. The predicted octanol–water partition coefficient (Wildman–Crippen LogP) is 0.440. The number of nitrogens with one attached hydrogen (secondary N) is 1. The zero-order valence-electron chi connectivity index (χ0n) is 5.67. The van der Waals surface area contributed by atoms with E-state index in [4.69, 9.17) is 0 Å². The fourth-order valence-electron chi connectivity index (χ4n) is 0.454. The summed E-state index contributed by atoms with van der Waals surface area (Å²) in [5.41, 5.74) is 0. The second kappa shape index (κ2) is 3.48. The quantitative estimate of drug-likeness (QED) is 0.734. The van der Waals surface area contributed by atoms with Gasteiger partial charge in [-0.2, -0.15) is 18.4 Å². The summed E-state index contributed by atoms with van der Waals surface area (Å²) in [6.45, 7) is -0.584. The van der Waals surface area contributed by atoms with Crippen LogP contribution >= 0.6 is 0 Å². The van der Waals surface area contributed by atoms with Crippen LogP contribution in [0.4, 0.5) is 13.2 Å². The Bertz CT molecular complexity index is 221. The van der Waals surface area contributed by atoms with Crippen LogP contribution < -0.4 is 0 Å². The molecule has 8 heteroatoms. The van der Waals surface area contributed by atoms with Crippen molar-refractivity contribution in [3.05, 3.63) is 12.4 Å². The number of aromatic amines is 1. The topological polar surface area (TPSA) is 63.7 Å². The molecule has 5 nitrogen and oxygen atoms in total. The Balaban J connectivity index is 2.20. The van der Waals surface area contributed by atoms with Crippen LogP contribution in [0.1, 0.15) is 5.82 Å². The van der Waals surface area contributed by atoms with E-state index in [9.17, 15) is 13.2 Å². The lowest BCUT2D eigenvalue weighted by molar-refractivity contribution is -0.140. The molecule has 0 saturated heterocycles. The van der Waals surface area contributed by atoms with Crippen LogP contribution in [0.3, 0.4) is 0 Å². The Morgan fingerprint density at radius 1 is 1.50 bits per heavy atom. The standard InChI is InChI=1S/C4H4F3N4O/c5-4(6,7)2-12-1-3-8-10-11-9-3/h2H,1H2,(H,8,9,10,11). The van der Waals surface area contributed by atoms with Crippen LogP contribution in [0.15, 0.2) is 0 Å². The molecule has 1 aromatic heterocycles. The molecule has 67 valence electrons. The molecular formula is C4H4F3N4O. The minimum Gasteiger partial charge on any atom is -0.357 e. The van der Waals surface area contributed by atoms with Gasteiger partial charge in [-0.3, -0.25) is 0 Å². The Kier molecular flexibility index (Phi) is 2.58. The van der Waals surface area contributed by atoms with E-state index in [-0.39, 0.29) is 19.0 Å². The molecule has 0 saturated carbocycles.